The molecule has 90 valence electrons. The van der Waals surface area contributed by atoms with Crippen molar-refractivity contribution in [3.63, 3.8) is 0 Å². The van der Waals surface area contributed by atoms with Gasteiger partial charge in [0.2, 0.25) is 0 Å². The molecule has 2 heterocycles. The second-order valence-electron chi connectivity index (χ2n) is 3.85. The topological polar surface area (TPSA) is 25.8 Å². The summed E-state index contributed by atoms with van der Waals surface area (Å²) in [7, 11) is 0. The van der Waals surface area contributed by atoms with Crippen LogP contribution in [0.3, 0.4) is 0 Å². The number of benzene rings is 1. The second-order valence-corrected chi connectivity index (χ2v) is 6.17. The summed E-state index contributed by atoms with van der Waals surface area (Å²) in [4.78, 5) is 9.11. The van der Waals surface area contributed by atoms with Gasteiger partial charge in [-0.05, 0) is 23.9 Å². The molecule has 3 rings (SSSR count). The highest BCUT2D eigenvalue weighted by Gasteiger charge is 2.19. The van der Waals surface area contributed by atoms with Gasteiger partial charge in [0.05, 0.1) is 16.1 Å². The quantitative estimate of drug-likeness (QED) is 0.671. The van der Waals surface area contributed by atoms with E-state index in [1.54, 1.807) is 28.0 Å². The minimum Gasteiger partial charge on any atom is -0.249 e. The van der Waals surface area contributed by atoms with Crippen LogP contribution >= 0.6 is 34.9 Å². The van der Waals surface area contributed by atoms with Gasteiger partial charge in [-0.15, -0.1) is 22.7 Å². The van der Waals surface area contributed by atoms with Gasteiger partial charge in [0.15, 0.2) is 0 Å². The second kappa shape index (κ2) is 5.22. The summed E-state index contributed by atoms with van der Waals surface area (Å²) in [5, 5.41) is 5.97. The van der Waals surface area contributed by atoms with Crippen LogP contribution in [0, 0.1) is 0 Å². The molecule has 3 aromatic rings. The molecule has 0 spiro atoms. The fourth-order valence-corrected chi connectivity index (χ4v) is 3.96. The van der Waals surface area contributed by atoms with Crippen molar-refractivity contribution in [1.29, 1.82) is 0 Å². The van der Waals surface area contributed by atoms with Crippen LogP contribution in [0.5, 0.6) is 0 Å². The molecular formula is C13H10N2S3. The van der Waals surface area contributed by atoms with E-state index >= 15 is 0 Å². The largest absolute Gasteiger partial charge is 0.249 e. The minimum absolute atomic E-state index is 0.208. The van der Waals surface area contributed by atoms with Crippen LogP contribution in [0.25, 0.3) is 10.2 Å². The average molecular weight is 290 g/mol. The number of hydrogen-bond donors (Lipinski definition) is 0. The molecule has 5 heteroatoms. The molecular weight excluding hydrogens is 280 g/mol. The van der Waals surface area contributed by atoms with Gasteiger partial charge >= 0.3 is 0 Å². The predicted molar refractivity (Wildman–Crippen MR) is 81.8 cm³/mol. The molecule has 0 fully saturated rings. The number of para-hydroxylation sites is 1. The Labute approximate surface area is 118 Å². The first-order valence-electron chi connectivity index (χ1n) is 5.57. The maximum Gasteiger partial charge on any atom is 0.104 e. The molecule has 0 N–H and O–H groups in total. The Morgan fingerprint density at radius 3 is 2.89 bits per heavy atom. The molecule has 0 bridgehead atoms. The van der Waals surface area contributed by atoms with E-state index < -0.39 is 0 Å². The predicted octanol–water partition coefficient (Wildman–Crippen LogP) is 4.27. The highest BCUT2D eigenvalue weighted by atomic mass is 32.1. The summed E-state index contributed by atoms with van der Waals surface area (Å²) in [6.07, 6.45) is 2.65. The van der Waals surface area contributed by atoms with Gasteiger partial charge in [0, 0.05) is 11.6 Å². The van der Waals surface area contributed by atoms with Crippen LogP contribution in [0.4, 0.5) is 0 Å². The number of rotatable bonds is 4. The molecule has 2 nitrogen and oxygen atoms in total. The molecule has 1 aromatic carbocycles. The number of fused-ring (bicyclic) bond motifs is 1. The Hall–Kier alpha value is -1.17. The number of thiocarbonyl (C=S) groups is 1. The Bertz CT molecular complexity index is 625. The fourth-order valence-electron chi connectivity index (χ4n) is 1.85. The molecule has 0 aliphatic heterocycles. The lowest BCUT2D eigenvalue weighted by molar-refractivity contribution is 0.848. The summed E-state index contributed by atoms with van der Waals surface area (Å²) in [5.41, 5.74) is 1.06. The van der Waals surface area contributed by atoms with E-state index in [-0.39, 0.29) is 5.92 Å². The molecule has 1 atom stereocenters. The van der Waals surface area contributed by atoms with Crippen molar-refractivity contribution >= 4 is 50.5 Å². The van der Waals surface area contributed by atoms with Crippen LogP contribution in [0.15, 0.2) is 35.8 Å². The van der Waals surface area contributed by atoms with Crippen LogP contribution in [-0.2, 0) is 0 Å². The molecule has 0 amide bonds. The van der Waals surface area contributed by atoms with Crippen LogP contribution < -0.4 is 0 Å². The summed E-state index contributed by atoms with van der Waals surface area (Å²) in [6, 6.07) is 8.21. The summed E-state index contributed by atoms with van der Waals surface area (Å²) >= 11 is 8.41. The zero-order valence-corrected chi connectivity index (χ0v) is 11.9. The van der Waals surface area contributed by atoms with Gasteiger partial charge in [-0.25, -0.2) is 9.97 Å². The highest BCUT2D eigenvalue weighted by molar-refractivity contribution is 7.78. The first-order valence-corrected chi connectivity index (χ1v) is 7.73. The zero-order chi connectivity index (χ0) is 12.4. The number of hydrogen-bond acceptors (Lipinski definition) is 5. The van der Waals surface area contributed by atoms with Gasteiger partial charge in [0.25, 0.3) is 0 Å². The van der Waals surface area contributed by atoms with Crippen LogP contribution in [-0.4, -0.2) is 15.3 Å². The SMILES string of the molecule is S=CCC(c1nccs1)c1nc2ccccc2s1. The maximum atomic E-state index is 5.01. The molecule has 2 aromatic heterocycles. The van der Waals surface area contributed by atoms with Crippen LogP contribution in [0.1, 0.15) is 22.4 Å². The van der Waals surface area contributed by atoms with E-state index in [0.29, 0.717) is 0 Å². The van der Waals surface area contributed by atoms with Crippen LogP contribution in [0.2, 0.25) is 0 Å². The number of thiazole rings is 2. The number of aromatic nitrogens is 2. The van der Waals surface area contributed by atoms with Crippen molar-refractivity contribution in [2.75, 3.05) is 0 Å². The Balaban J connectivity index is 2.06. The van der Waals surface area contributed by atoms with Gasteiger partial charge in [0.1, 0.15) is 10.0 Å². The zero-order valence-electron chi connectivity index (χ0n) is 9.45. The summed E-state index contributed by atoms with van der Waals surface area (Å²) in [6.45, 7) is 0. The van der Waals surface area contributed by atoms with Crippen molar-refractivity contribution in [1.82, 2.24) is 9.97 Å². The molecule has 0 radical (unpaired) electrons. The third-order valence-electron chi connectivity index (χ3n) is 2.69. The third-order valence-corrected chi connectivity index (χ3v) is 4.92. The summed E-state index contributed by atoms with van der Waals surface area (Å²) in [5.74, 6) is 0.208. The van der Waals surface area contributed by atoms with Gasteiger partial charge in [-0.2, -0.15) is 0 Å². The Morgan fingerprint density at radius 1 is 1.28 bits per heavy atom. The molecule has 0 saturated carbocycles. The molecule has 1 unspecified atom stereocenters. The molecule has 0 saturated heterocycles. The smallest absolute Gasteiger partial charge is 0.104 e. The van der Waals surface area contributed by atoms with Crippen molar-refractivity contribution in [3.05, 3.63) is 45.9 Å². The van der Waals surface area contributed by atoms with E-state index in [2.05, 4.69) is 11.1 Å². The van der Waals surface area contributed by atoms with E-state index in [9.17, 15) is 0 Å². The standard InChI is InChI=1S/C13H10N2S3/c16-7-5-9(12-14-6-8-17-12)13-15-10-3-1-2-4-11(10)18-13/h1-4,6-9H,5H2. The minimum atomic E-state index is 0.208. The number of nitrogens with zero attached hydrogens (tertiary/aromatic N) is 2. The maximum absolute atomic E-state index is 5.01. The average Bonchev–Trinajstić information content (AvgIpc) is 3.04. The van der Waals surface area contributed by atoms with Crippen molar-refractivity contribution in [3.8, 4) is 0 Å². The first kappa shape index (κ1) is 11.9. The van der Waals surface area contributed by atoms with Gasteiger partial charge in [-0.3, -0.25) is 0 Å². The van der Waals surface area contributed by atoms with Gasteiger partial charge in [-0.1, -0.05) is 24.4 Å². The molecule has 0 aliphatic carbocycles. The van der Waals surface area contributed by atoms with Gasteiger partial charge < -0.3 is 0 Å². The fraction of sp³-hybridized carbons (Fsp3) is 0.154. The molecule has 0 aliphatic rings. The monoisotopic (exact) mass is 290 g/mol. The normalized spacial score (nSPS) is 12.7. The third kappa shape index (κ3) is 2.21. The van der Waals surface area contributed by atoms with E-state index in [4.69, 9.17) is 17.2 Å². The Kier molecular flexibility index (Phi) is 3.45. The first-order chi connectivity index (χ1) is 8.88. The van der Waals surface area contributed by atoms with Crippen molar-refractivity contribution in [2.45, 2.75) is 12.3 Å². The highest BCUT2D eigenvalue weighted by Crippen LogP contribution is 2.34. The Morgan fingerprint density at radius 2 is 2.17 bits per heavy atom. The molecule has 18 heavy (non-hydrogen) atoms. The van der Waals surface area contributed by atoms with Crippen molar-refractivity contribution in [2.24, 2.45) is 0 Å². The van der Waals surface area contributed by atoms with E-state index in [1.165, 1.54) is 4.70 Å². The van der Waals surface area contributed by atoms with E-state index in [1.807, 2.05) is 29.8 Å². The lowest BCUT2D eigenvalue weighted by Crippen LogP contribution is -2.00. The lowest BCUT2D eigenvalue weighted by atomic mass is 10.1. The van der Waals surface area contributed by atoms with E-state index in [0.717, 1.165) is 22.0 Å². The van der Waals surface area contributed by atoms with Crippen molar-refractivity contribution < 1.29 is 0 Å². The summed E-state index contributed by atoms with van der Waals surface area (Å²) < 4.78 is 1.22. The lowest BCUT2D eigenvalue weighted by Gasteiger charge is -2.07.